The van der Waals surface area contributed by atoms with Gasteiger partial charge in [-0.3, -0.25) is 4.79 Å². The van der Waals surface area contributed by atoms with E-state index in [4.69, 9.17) is 14.3 Å². The molecule has 0 saturated heterocycles. The van der Waals surface area contributed by atoms with Crippen molar-refractivity contribution in [3.63, 3.8) is 0 Å². The van der Waals surface area contributed by atoms with Gasteiger partial charge in [0.05, 0.1) is 0 Å². The second kappa shape index (κ2) is 8.81. The van der Waals surface area contributed by atoms with E-state index in [1.54, 1.807) is 20.8 Å². The number of carbonyl (C=O) groups is 3. The van der Waals surface area contributed by atoms with E-state index in [-0.39, 0.29) is 6.61 Å². The van der Waals surface area contributed by atoms with E-state index >= 15 is 0 Å². The van der Waals surface area contributed by atoms with E-state index in [2.05, 4.69) is 5.16 Å². The zero-order chi connectivity index (χ0) is 18.2. The number of rotatable bonds is 7. The predicted molar refractivity (Wildman–Crippen MR) is 86.2 cm³/mol. The first-order chi connectivity index (χ1) is 11.2. The summed E-state index contributed by atoms with van der Waals surface area (Å²) in [7, 11) is 0. The highest BCUT2D eigenvalue weighted by Gasteiger charge is 2.25. The van der Waals surface area contributed by atoms with Crippen LogP contribution in [-0.4, -0.2) is 35.6 Å². The third kappa shape index (κ3) is 7.53. The minimum atomic E-state index is -0.910. The average Bonchev–Trinajstić information content (AvgIpc) is 2.48. The van der Waals surface area contributed by atoms with Gasteiger partial charge in [0.25, 0.3) is 0 Å². The highest BCUT2D eigenvalue weighted by atomic mass is 16.7. The standard InChI is InChI=1S/C17H21NO6/c1-12(19)15(16(21)24-17(2,3)4)18-23-11-14(20)22-10-13-8-6-5-7-9-13/h5-9H,10-11H2,1-4H3/b18-15-. The Labute approximate surface area is 140 Å². The Bertz CT molecular complexity index is 616. The van der Waals surface area contributed by atoms with Crippen molar-refractivity contribution in [3.8, 4) is 0 Å². The molecule has 7 nitrogen and oxygen atoms in total. The zero-order valence-electron chi connectivity index (χ0n) is 14.2. The van der Waals surface area contributed by atoms with Gasteiger partial charge in [-0.15, -0.1) is 0 Å². The number of hydrogen-bond donors (Lipinski definition) is 0. The molecule has 7 heteroatoms. The molecule has 0 bridgehead atoms. The summed E-state index contributed by atoms with van der Waals surface area (Å²) < 4.78 is 10.0. The normalized spacial score (nSPS) is 11.6. The van der Waals surface area contributed by atoms with E-state index in [0.29, 0.717) is 0 Å². The molecule has 0 aliphatic rings. The highest BCUT2D eigenvalue weighted by molar-refractivity contribution is 6.63. The Hall–Kier alpha value is -2.70. The topological polar surface area (TPSA) is 91.3 Å². The molecule has 0 aromatic heterocycles. The summed E-state index contributed by atoms with van der Waals surface area (Å²) in [5.41, 5.74) is -0.463. The van der Waals surface area contributed by atoms with Crippen LogP contribution in [0, 0.1) is 0 Å². The molecule has 1 rings (SSSR count). The monoisotopic (exact) mass is 335 g/mol. The van der Waals surface area contributed by atoms with Crippen molar-refractivity contribution in [1.29, 1.82) is 0 Å². The van der Waals surface area contributed by atoms with Crippen molar-refractivity contribution >= 4 is 23.4 Å². The largest absolute Gasteiger partial charge is 0.458 e. The number of esters is 2. The second-order valence-electron chi connectivity index (χ2n) is 5.92. The van der Waals surface area contributed by atoms with E-state index in [0.717, 1.165) is 12.5 Å². The van der Waals surface area contributed by atoms with Crippen LogP contribution in [0.25, 0.3) is 0 Å². The van der Waals surface area contributed by atoms with Crippen molar-refractivity contribution in [3.05, 3.63) is 35.9 Å². The van der Waals surface area contributed by atoms with Gasteiger partial charge in [0.2, 0.25) is 12.3 Å². The second-order valence-corrected chi connectivity index (χ2v) is 5.92. The molecule has 0 saturated carbocycles. The van der Waals surface area contributed by atoms with Crippen LogP contribution in [0.5, 0.6) is 0 Å². The third-order valence-electron chi connectivity index (χ3n) is 2.51. The van der Waals surface area contributed by atoms with Crippen LogP contribution < -0.4 is 0 Å². The van der Waals surface area contributed by atoms with Gasteiger partial charge in [-0.25, -0.2) is 9.59 Å². The summed E-state index contributed by atoms with van der Waals surface area (Å²) in [5, 5.41) is 3.39. The number of ether oxygens (including phenoxy) is 2. The van der Waals surface area contributed by atoms with Crippen molar-refractivity contribution in [1.82, 2.24) is 0 Å². The number of carbonyl (C=O) groups excluding carboxylic acids is 3. The number of benzene rings is 1. The minimum absolute atomic E-state index is 0.0956. The lowest BCUT2D eigenvalue weighted by Crippen LogP contribution is -2.32. The molecule has 0 N–H and O–H groups in total. The SMILES string of the molecule is CC(=O)/C(=N/OCC(=O)OCc1ccccc1)C(=O)OC(C)(C)C. The van der Waals surface area contributed by atoms with E-state index in [9.17, 15) is 14.4 Å². The highest BCUT2D eigenvalue weighted by Crippen LogP contribution is 2.08. The van der Waals surface area contributed by atoms with Crippen molar-refractivity contribution < 1.29 is 28.7 Å². The summed E-state index contributed by atoms with van der Waals surface area (Å²) in [4.78, 5) is 39.5. The molecule has 0 unspecified atom stereocenters. The van der Waals surface area contributed by atoms with Crippen molar-refractivity contribution in [2.24, 2.45) is 5.16 Å². The summed E-state index contributed by atoms with van der Waals surface area (Å²) in [6, 6.07) is 9.11. The Kier molecular flexibility index (Phi) is 7.10. The number of nitrogens with zero attached hydrogens (tertiary/aromatic N) is 1. The number of hydrogen-bond acceptors (Lipinski definition) is 7. The van der Waals surface area contributed by atoms with Crippen molar-refractivity contribution in [2.45, 2.75) is 39.9 Å². The van der Waals surface area contributed by atoms with Crippen LogP contribution in [0.2, 0.25) is 0 Å². The molecule has 0 aliphatic heterocycles. The average molecular weight is 335 g/mol. The van der Waals surface area contributed by atoms with Gasteiger partial charge in [0, 0.05) is 6.92 Å². The molecule has 0 heterocycles. The van der Waals surface area contributed by atoms with Gasteiger partial charge < -0.3 is 14.3 Å². The van der Waals surface area contributed by atoms with E-state index in [1.165, 1.54) is 0 Å². The first-order valence-electron chi connectivity index (χ1n) is 7.33. The lowest BCUT2D eigenvalue weighted by Gasteiger charge is -2.19. The van der Waals surface area contributed by atoms with Gasteiger partial charge >= 0.3 is 11.9 Å². The fraction of sp³-hybridized carbons (Fsp3) is 0.412. The van der Waals surface area contributed by atoms with Crippen LogP contribution in [0.15, 0.2) is 35.5 Å². The summed E-state index contributed by atoms with van der Waals surface area (Å²) >= 11 is 0. The molecule has 0 amide bonds. The molecule has 0 aliphatic carbocycles. The fourth-order valence-corrected chi connectivity index (χ4v) is 1.50. The van der Waals surface area contributed by atoms with Gasteiger partial charge in [0.1, 0.15) is 12.2 Å². The van der Waals surface area contributed by atoms with Crippen LogP contribution in [0.4, 0.5) is 0 Å². The molecule has 0 spiro atoms. The zero-order valence-corrected chi connectivity index (χ0v) is 14.2. The Morgan fingerprint density at radius 3 is 2.25 bits per heavy atom. The molecule has 0 atom stereocenters. The first-order valence-corrected chi connectivity index (χ1v) is 7.33. The number of Topliss-reactive ketones (excluding diaryl/α,β-unsaturated/α-hetero) is 1. The molecule has 1 aromatic rings. The molecule has 130 valence electrons. The Balaban J connectivity index is 2.50. The maximum Gasteiger partial charge on any atom is 0.364 e. The van der Waals surface area contributed by atoms with Crippen LogP contribution >= 0.6 is 0 Å². The molecular weight excluding hydrogens is 314 g/mol. The lowest BCUT2D eigenvalue weighted by atomic mass is 10.2. The fourth-order valence-electron chi connectivity index (χ4n) is 1.50. The summed E-state index contributed by atoms with van der Waals surface area (Å²) in [6.45, 7) is 5.70. The van der Waals surface area contributed by atoms with E-state index < -0.39 is 35.6 Å². The summed E-state index contributed by atoms with van der Waals surface area (Å²) in [6.07, 6.45) is 0. The van der Waals surface area contributed by atoms with Crippen LogP contribution in [0.3, 0.4) is 0 Å². The maximum absolute atomic E-state index is 11.8. The Morgan fingerprint density at radius 1 is 1.08 bits per heavy atom. The maximum atomic E-state index is 11.8. The van der Waals surface area contributed by atoms with E-state index in [1.807, 2.05) is 30.3 Å². The summed E-state index contributed by atoms with van der Waals surface area (Å²) in [5.74, 6) is -2.20. The van der Waals surface area contributed by atoms with Gasteiger partial charge in [-0.05, 0) is 26.3 Å². The molecular formula is C17H21NO6. The van der Waals surface area contributed by atoms with Crippen molar-refractivity contribution in [2.75, 3.05) is 6.61 Å². The lowest BCUT2D eigenvalue weighted by molar-refractivity contribution is -0.151. The number of oxime groups is 1. The third-order valence-corrected chi connectivity index (χ3v) is 2.51. The van der Waals surface area contributed by atoms with Gasteiger partial charge in [-0.2, -0.15) is 0 Å². The minimum Gasteiger partial charge on any atom is -0.458 e. The van der Waals surface area contributed by atoms with Gasteiger partial charge in [-0.1, -0.05) is 35.5 Å². The number of ketones is 1. The molecule has 1 aromatic carbocycles. The predicted octanol–water partition coefficient (Wildman–Crippen LogP) is 2.03. The quantitative estimate of drug-likeness (QED) is 0.328. The molecule has 0 radical (unpaired) electrons. The Morgan fingerprint density at radius 2 is 1.71 bits per heavy atom. The molecule has 24 heavy (non-hydrogen) atoms. The van der Waals surface area contributed by atoms with Crippen LogP contribution in [-0.2, 0) is 35.3 Å². The first kappa shape index (κ1) is 19.3. The molecule has 0 fully saturated rings. The van der Waals surface area contributed by atoms with Gasteiger partial charge in [0.15, 0.2) is 5.78 Å². The smallest absolute Gasteiger partial charge is 0.364 e. The van der Waals surface area contributed by atoms with Crippen LogP contribution in [0.1, 0.15) is 33.3 Å².